The molecule has 0 aliphatic rings. The summed E-state index contributed by atoms with van der Waals surface area (Å²) >= 11 is 0. The summed E-state index contributed by atoms with van der Waals surface area (Å²) < 4.78 is 79.0. The van der Waals surface area contributed by atoms with Crippen molar-refractivity contribution >= 4 is 0 Å². The third-order valence-electron chi connectivity index (χ3n) is 3.35. The monoisotopic (exact) mass is 333 g/mol. The Kier molecular flexibility index (Phi) is 4.70. The first-order valence-corrected chi connectivity index (χ1v) is 6.71. The summed E-state index contributed by atoms with van der Waals surface area (Å²) in [5.74, 6) is 0. The van der Waals surface area contributed by atoms with Gasteiger partial charge in [0, 0.05) is 0 Å². The Hall–Kier alpha value is -2.02. The summed E-state index contributed by atoms with van der Waals surface area (Å²) in [6.45, 7) is 0.149. The van der Waals surface area contributed by atoms with E-state index in [1.165, 1.54) is 12.1 Å². The van der Waals surface area contributed by atoms with Crippen LogP contribution in [0.3, 0.4) is 0 Å². The highest BCUT2D eigenvalue weighted by atomic mass is 19.4. The first-order valence-electron chi connectivity index (χ1n) is 6.71. The van der Waals surface area contributed by atoms with E-state index >= 15 is 0 Å². The van der Waals surface area contributed by atoms with Crippen LogP contribution in [0.2, 0.25) is 0 Å². The van der Waals surface area contributed by atoms with Crippen LogP contribution in [0.1, 0.15) is 16.7 Å². The fourth-order valence-corrected chi connectivity index (χ4v) is 2.35. The molecule has 0 amide bonds. The maximum Gasteiger partial charge on any atom is 0.417 e. The van der Waals surface area contributed by atoms with Gasteiger partial charge in [0.1, 0.15) is 0 Å². The summed E-state index contributed by atoms with van der Waals surface area (Å²) in [6, 6.07) is 7.51. The van der Waals surface area contributed by atoms with E-state index in [4.69, 9.17) is 5.73 Å². The minimum Gasteiger partial charge on any atom is -0.330 e. The summed E-state index contributed by atoms with van der Waals surface area (Å²) in [4.78, 5) is 0. The molecule has 2 aromatic rings. The molecule has 0 bridgehead atoms. The number of halogens is 6. The van der Waals surface area contributed by atoms with Crippen molar-refractivity contribution in [3.8, 4) is 11.1 Å². The van der Waals surface area contributed by atoms with Gasteiger partial charge in [0.05, 0.1) is 11.1 Å². The smallest absolute Gasteiger partial charge is 0.330 e. The zero-order valence-corrected chi connectivity index (χ0v) is 11.8. The molecular weight excluding hydrogens is 320 g/mol. The molecular formula is C16H13F6N. The molecule has 0 atom stereocenters. The van der Waals surface area contributed by atoms with Gasteiger partial charge < -0.3 is 5.73 Å². The van der Waals surface area contributed by atoms with Gasteiger partial charge in [0.25, 0.3) is 0 Å². The van der Waals surface area contributed by atoms with Crippen molar-refractivity contribution in [3.05, 3.63) is 59.2 Å². The molecule has 2 rings (SSSR count). The molecule has 0 spiro atoms. The van der Waals surface area contributed by atoms with Crippen LogP contribution < -0.4 is 5.73 Å². The van der Waals surface area contributed by atoms with Gasteiger partial charge in [-0.2, -0.15) is 26.3 Å². The second-order valence-electron chi connectivity index (χ2n) is 4.96. The van der Waals surface area contributed by atoms with E-state index in [9.17, 15) is 26.3 Å². The first kappa shape index (κ1) is 17.3. The lowest BCUT2D eigenvalue weighted by Gasteiger charge is -2.18. The van der Waals surface area contributed by atoms with Gasteiger partial charge in [-0.1, -0.05) is 30.3 Å². The van der Waals surface area contributed by atoms with Gasteiger partial charge in [0.2, 0.25) is 0 Å². The molecule has 0 aliphatic heterocycles. The second kappa shape index (κ2) is 6.23. The minimum absolute atomic E-state index is 0.149. The SMILES string of the molecule is NCCc1ccc(-c2ccccc2C(F)(F)F)c(C(F)(F)F)c1. The maximum absolute atomic E-state index is 13.3. The summed E-state index contributed by atoms with van der Waals surface area (Å²) in [6.07, 6.45) is -9.29. The molecule has 23 heavy (non-hydrogen) atoms. The molecule has 7 heteroatoms. The van der Waals surface area contributed by atoms with Crippen LogP contribution in [0, 0.1) is 0 Å². The Labute approximate surface area is 128 Å². The lowest BCUT2D eigenvalue weighted by atomic mass is 9.93. The lowest BCUT2D eigenvalue weighted by molar-refractivity contribution is -0.139. The van der Waals surface area contributed by atoms with Crippen molar-refractivity contribution in [2.45, 2.75) is 18.8 Å². The third-order valence-corrected chi connectivity index (χ3v) is 3.35. The van der Waals surface area contributed by atoms with Crippen LogP contribution in [0.15, 0.2) is 42.5 Å². The van der Waals surface area contributed by atoms with E-state index in [0.717, 1.165) is 30.3 Å². The molecule has 0 radical (unpaired) electrons. The molecule has 0 saturated heterocycles. The van der Waals surface area contributed by atoms with Crippen LogP contribution in [0.4, 0.5) is 26.3 Å². The normalized spacial score (nSPS) is 12.5. The lowest BCUT2D eigenvalue weighted by Crippen LogP contribution is -2.12. The van der Waals surface area contributed by atoms with Crippen LogP contribution in [-0.2, 0) is 18.8 Å². The summed E-state index contributed by atoms with van der Waals surface area (Å²) in [7, 11) is 0. The standard InChI is InChI=1S/C16H13F6N/c17-15(18,19)13-4-2-1-3-11(13)12-6-5-10(7-8-23)9-14(12)16(20,21)22/h1-6,9H,7-8,23H2. The predicted molar refractivity (Wildman–Crippen MR) is 74.6 cm³/mol. The zero-order chi connectivity index (χ0) is 17.3. The average Bonchev–Trinajstić information content (AvgIpc) is 2.46. The molecule has 1 nitrogen and oxygen atoms in total. The fraction of sp³-hybridized carbons (Fsp3) is 0.250. The Morgan fingerprint density at radius 2 is 1.30 bits per heavy atom. The number of hydrogen-bond acceptors (Lipinski definition) is 1. The second-order valence-corrected chi connectivity index (χ2v) is 4.96. The number of hydrogen-bond donors (Lipinski definition) is 1. The minimum atomic E-state index is -4.77. The van der Waals surface area contributed by atoms with Gasteiger partial charge >= 0.3 is 12.4 Å². The van der Waals surface area contributed by atoms with E-state index in [-0.39, 0.29) is 13.0 Å². The quantitative estimate of drug-likeness (QED) is 0.795. The zero-order valence-electron chi connectivity index (χ0n) is 11.8. The molecule has 0 aromatic heterocycles. The van der Waals surface area contributed by atoms with Crippen LogP contribution in [0.5, 0.6) is 0 Å². The van der Waals surface area contributed by atoms with Crippen molar-refractivity contribution in [3.63, 3.8) is 0 Å². The molecule has 0 saturated carbocycles. The van der Waals surface area contributed by atoms with Crippen molar-refractivity contribution in [1.29, 1.82) is 0 Å². The van der Waals surface area contributed by atoms with Crippen LogP contribution in [-0.4, -0.2) is 6.54 Å². The number of nitrogens with two attached hydrogens (primary N) is 1. The Morgan fingerprint density at radius 1 is 0.739 bits per heavy atom. The van der Waals surface area contributed by atoms with Crippen LogP contribution >= 0.6 is 0 Å². The van der Waals surface area contributed by atoms with Gasteiger partial charge in [-0.25, -0.2) is 0 Å². The fourth-order valence-electron chi connectivity index (χ4n) is 2.35. The van der Waals surface area contributed by atoms with Crippen molar-refractivity contribution in [2.75, 3.05) is 6.54 Å². The van der Waals surface area contributed by atoms with E-state index in [1.807, 2.05) is 0 Å². The molecule has 0 fully saturated rings. The highest BCUT2D eigenvalue weighted by molar-refractivity contribution is 5.72. The van der Waals surface area contributed by atoms with Gasteiger partial charge in [0.15, 0.2) is 0 Å². The van der Waals surface area contributed by atoms with Crippen molar-refractivity contribution < 1.29 is 26.3 Å². The number of benzene rings is 2. The number of alkyl halides is 6. The highest BCUT2D eigenvalue weighted by Crippen LogP contribution is 2.42. The third kappa shape index (κ3) is 3.85. The number of rotatable bonds is 3. The topological polar surface area (TPSA) is 26.0 Å². The van der Waals surface area contributed by atoms with Gasteiger partial charge in [-0.3, -0.25) is 0 Å². The summed E-state index contributed by atoms with van der Waals surface area (Å²) in [5.41, 5.74) is 2.46. The Morgan fingerprint density at radius 3 is 1.87 bits per heavy atom. The van der Waals surface area contributed by atoms with E-state index < -0.39 is 34.6 Å². The van der Waals surface area contributed by atoms with E-state index in [2.05, 4.69) is 0 Å². The largest absolute Gasteiger partial charge is 0.417 e. The molecule has 0 aliphatic carbocycles. The maximum atomic E-state index is 13.3. The molecule has 2 N–H and O–H groups in total. The van der Waals surface area contributed by atoms with Gasteiger partial charge in [-0.15, -0.1) is 0 Å². The molecule has 0 unspecified atom stereocenters. The Bertz CT molecular complexity index is 688. The highest BCUT2D eigenvalue weighted by Gasteiger charge is 2.38. The van der Waals surface area contributed by atoms with Gasteiger partial charge in [-0.05, 0) is 41.8 Å². The Balaban J connectivity index is 2.69. The predicted octanol–water partition coefficient (Wildman–Crippen LogP) is 4.89. The van der Waals surface area contributed by atoms with E-state index in [1.54, 1.807) is 0 Å². The van der Waals surface area contributed by atoms with Crippen molar-refractivity contribution in [1.82, 2.24) is 0 Å². The molecule has 2 aromatic carbocycles. The van der Waals surface area contributed by atoms with E-state index in [0.29, 0.717) is 5.56 Å². The molecule has 124 valence electrons. The van der Waals surface area contributed by atoms with Crippen molar-refractivity contribution in [2.24, 2.45) is 5.73 Å². The average molecular weight is 333 g/mol. The molecule has 0 heterocycles. The first-order chi connectivity index (χ1) is 10.6. The summed E-state index contributed by atoms with van der Waals surface area (Å²) in [5, 5.41) is 0. The van der Waals surface area contributed by atoms with Crippen LogP contribution in [0.25, 0.3) is 11.1 Å².